The molecule has 102 valence electrons. The van der Waals surface area contributed by atoms with Gasteiger partial charge in [0.1, 0.15) is 4.90 Å². The SMILES string of the molecule is Cc1n[nH]c(C)c1S(=O)(=O)Nc1ccc(CO)cc1. The highest BCUT2D eigenvalue weighted by Crippen LogP contribution is 2.20. The summed E-state index contributed by atoms with van der Waals surface area (Å²) in [6.45, 7) is 3.21. The normalized spacial score (nSPS) is 11.5. The number of aromatic amines is 1. The van der Waals surface area contributed by atoms with E-state index in [2.05, 4.69) is 14.9 Å². The van der Waals surface area contributed by atoms with Crippen LogP contribution in [0.5, 0.6) is 0 Å². The lowest BCUT2D eigenvalue weighted by atomic mass is 10.2. The molecule has 0 atom stereocenters. The Labute approximate surface area is 111 Å². The molecule has 19 heavy (non-hydrogen) atoms. The molecule has 0 radical (unpaired) electrons. The zero-order valence-electron chi connectivity index (χ0n) is 10.6. The summed E-state index contributed by atoms with van der Waals surface area (Å²) in [5.74, 6) is 0. The Kier molecular flexibility index (Phi) is 3.59. The highest BCUT2D eigenvalue weighted by molar-refractivity contribution is 7.92. The van der Waals surface area contributed by atoms with Crippen molar-refractivity contribution in [3.63, 3.8) is 0 Å². The van der Waals surface area contributed by atoms with E-state index in [0.717, 1.165) is 5.56 Å². The molecule has 2 rings (SSSR count). The van der Waals surface area contributed by atoms with Gasteiger partial charge < -0.3 is 5.11 Å². The second kappa shape index (κ2) is 5.02. The Morgan fingerprint density at radius 1 is 1.26 bits per heavy atom. The van der Waals surface area contributed by atoms with Crippen molar-refractivity contribution in [2.24, 2.45) is 0 Å². The van der Waals surface area contributed by atoms with Crippen LogP contribution in [0, 0.1) is 13.8 Å². The summed E-state index contributed by atoms with van der Waals surface area (Å²) >= 11 is 0. The minimum Gasteiger partial charge on any atom is -0.392 e. The van der Waals surface area contributed by atoms with Crippen molar-refractivity contribution in [1.82, 2.24) is 10.2 Å². The standard InChI is InChI=1S/C12H15N3O3S/c1-8-12(9(2)14-13-8)19(17,18)15-11-5-3-10(7-16)4-6-11/h3-6,15-16H,7H2,1-2H3,(H,13,14). The fourth-order valence-corrected chi connectivity index (χ4v) is 3.25. The quantitative estimate of drug-likeness (QED) is 0.787. The number of aliphatic hydroxyl groups excluding tert-OH is 1. The highest BCUT2D eigenvalue weighted by Gasteiger charge is 2.22. The summed E-state index contributed by atoms with van der Waals surface area (Å²) in [7, 11) is -3.66. The van der Waals surface area contributed by atoms with Crippen molar-refractivity contribution in [1.29, 1.82) is 0 Å². The van der Waals surface area contributed by atoms with Crippen molar-refractivity contribution in [3.05, 3.63) is 41.2 Å². The van der Waals surface area contributed by atoms with Gasteiger partial charge in [-0.1, -0.05) is 12.1 Å². The lowest BCUT2D eigenvalue weighted by Gasteiger charge is -2.08. The number of H-pyrrole nitrogens is 1. The van der Waals surface area contributed by atoms with Crippen LogP contribution in [0.25, 0.3) is 0 Å². The Bertz CT molecular complexity index is 655. The van der Waals surface area contributed by atoms with Gasteiger partial charge in [0.15, 0.2) is 0 Å². The molecule has 0 saturated heterocycles. The van der Waals surface area contributed by atoms with E-state index in [1.54, 1.807) is 38.1 Å². The van der Waals surface area contributed by atoms with Gasteiger partial charge in [0, 0.05) is 5.69 Å². The molecule has 1 aromatic carbocycles. The maximum absolute atomic E-state index is 12.2. The van der Waals surface area contributed by atoms with Crippen LogP contribution < -0.4 is 4.72 Å². The number of anilines is 1. The highest BCUT2D eigenvalue weighted by atomic mass is 32.2. The average Bonchev–Trinajstić information content (AvgIpc) is 2.70. The monoisotopic (exact) mass is 281 g/mol. The number of sulfonamides is 1. The number of nitrogens with one attached hydrogen (secondary N) is 2. The minimum absolute atomic E-state index is 0.0764. The van der Waals surface area contributed by atoms with E-state index >= 15 is 0 Å². The van der Waals surface area contributed by atoms with E-state index in [9.17, 15) is 8.42 Å². The van der Waals surface area contributed by atoms with Gasteiger partial charge in [-0.3, -0.25) is 9.82 Å². The molecule has 6 nitrogen and oxygen atoms in total. The third-order valence-electron chi connectivity index (χ3n) is 2.72. The van der Waals surface area contributed by atoms with Crippen LogP contribution in [-0.4, -0.2) is 23.7 Å². The second-order valence-corrected chi connectivity index (χ2v) is 5.84. The third kappa shape index (κ3) is 2.77. The van der Waals surface area contributed by atoms with E-state index in [4.69, 9.17) is 5.11 Å². The molecular formula is C12H15N3O3S. The Morgan fingerprint density at radius 3 is 2.37 bits per heavy atom. The van der Waals surface area contributed by atoms with Gasteiger partial charge in [-0.25, -0.2) is 8.42 Å². The Hall–Kier alpha value is -1.86. The number of rotatable bonds is 4. The van der Waals surface area contributed by atoms with Crippen LogP contribution >= 0.6 is 0 Å². The van der Waals surface area contributed by atoms with Gasteiger partial charge in [0.25, 0.3) is 10.0 Å². The lowest BCUT2D eigenvalue weighted by Crippen LogP contribution is -2.14. The van der Waals surface area contributed by atoms with Gasteiger partial charge in [0.2, 0.25) is 0 Å². The summed E-state index contributed by atoms with van der Waals surface area (Å²) in [5.41, 5.74) is 2.09. The molecule has 0 aliphatic rings. The Morgan fingerprint density at radius 2 is 1.89 bits per heavy atom. The summed E-state index contributed by atoms with van der Waals surface area (Å²) in [5, 5.41) is 15.5. The van der Waals surface area contributed by atoms with Crippen LogP contribution in [0.2, 0.25) is 0 Å². The van der Waals surface area contributed by atoms with E-state index < -0.39 is 10.0 Å². The summed E-state index contributed by atoms with van der Waals surface area (Å²) < 4.78 is 27.0. The van der Waals surface area contributed by atoms with Crippen LogP contribution in [0.3, 0.4) is 0 Å². The molecule has 0 fully saturated rings. The molecule has 0 aliphatic carbocycles. The smallest absolute Gasteiger partial charge is 0.265 e. The van der Waals surface area contributed by atoms with E-state index in [0.29, 0.717) is 17.1 Å². The first kappa shape index (κ1) is 13.6. The summed E-state index contributed by atoms with van der Waals surface area (Å²) in [6, 6.07) is 6.53. The molecule has 1 heterocycles. The van der Waals surface area contributed by atoms with E-state index in [1.807, 2.05) is 0 Å². The van der Waals surface area contributed by atoms with Gasteiger partial charge >= 0.3 is 0 Å². The number of aryl methyl sites for hydroxylation is 2. The van der Waals surface area contributed by atoms with Gasteiger partial charge in [-0.05, 0) is 31.5 Å². The van der Waals surface area contributed by atoms with Crippen molar-refractivity contribution in [3.8, 4) is 0 Å². The maximum Gasteiger partial charge on any atom is 0.265 e. The van der Waals surface area contributed by atoms with Crippen molar-refractivity contribution >= 4 is 15.7 Å². The number of hydrogen-bond acceptors (Lipinski definition) is 4. The molecule has 3 N–H and O–H groups in total. The fourth-order valence-electron chi connectivity index (χ4n) is 1.82. The number of aromatic nitrogens is 2. The van der Waals surface area contributed by atoms with E-state index in [1.165, 1.54) is 0 Å². The lowest BCUT2D eigenvalue weighted by molar-refractivity contribution is 0.282. The first-order valence-electron chi connectivity index (χ1n) is 5.68. The van der Waals surface area contributed by atoms with Crippen LogP contribution in [-0.2, 0) is 16.6 Å². The van der Waals surface area contributed by atoms with E-state index in [-0.39, 0.29) is 11.5 Å². The van der Waals surface area contributed by atoms with Gasteiger partial charge in [-0.15, -0.1) is 0 Å². The molecular weight excluding hydrogens is 266 g/mol. The topological polar surface area (TPSA) is 95.1 Å². The molecule has 1 aromatic heterocycles. The largest absolute Gasteiger partial charge is 0.392 e. The molecule has 0 bridgehead atoms. The van der Waals surface area contributed by atoms with Crippen LogP contribution in [0.4, 0.5) is 5.69 Å². The predicted octanol–water partition coefficient (Wildman–Crippen LogP) is 1.32. The first-order valence-corrected chi connectivity index (χ1v) is 7.16. The molecule has 0 spiro atoms. The molecule has 0 unspecified atom stereocenters. The molecule has 0 amide bonds. The van der Waals surface area contributed by atoms with Gasteiger partial charge in [0.05, 0.1) is 18.0 Å². The summed E-state index contributed by atoms with van der Waals surface area (Å²) in [6.07, 6.45) is 0. The van der Waals surface area contributed by atoms with Crippen molar-refractivity contribution in [2.75, 3.05) is 4.72 Å². The van der Waals surface area contributed by atoms with Gasteiger partial charge in [-0.2, -0.15) is 5.10 Å². The molecule has 2 aromatic rings. The predicted molar refractivity (Wildman–Crippen MR) is 71.2 cm³/mol. The van der Waals surface area contributed by atoms with Crippen LogP contribution in [0.15, 0.2) is 29.2 Å². The summed E-state index contributed by atoms with van der Waals surface area (Å²) in [4.78, 5) is 0.165. The van der Waals surface area contributed by atoms with Crippen molar-refractivity contribution in [2.45, 2.75) is 25.3 Å². The van der Waals surface area contributed by atoms with Crippen molar-refractivity contribution < 1.29 is 13.5 Å². The number of benzene rings is 1. The fraction of sp³-hybridized carbons (Fsp3) is 0.250. The second-order valence-electron chi connectivity index (χ2n) is 4.22. The number of aliphatic hydroxyl groups is 1. The average molecular weight is 281 g/mol. The molecule has 0 aliphatic heterocycles. The third-order valence-corrected chi connectivity index (χ3v) is 4.36. The molecule has 0 saturated carbocycles. The number of hydrogen-bond donors (Lipinski definition) is 3. The molecule has 7 heteroatoms. The maximum atomic E-state index is 12.2. The van der Waals surface area contributed by atoms with Crippen LogP contribution in [0.1, 0.15) is 17.0 Å². The zero-order valence-corrected chi connectivity index (χ0v) is 11.5. The zero-order chi connectivity index (χ0) is 14.0. The Balaban J connectivity index is 2.31. The minimum atomic E-state index is -3.66. The first-order chi connectivity index (χ1) is 8.94. The number of nitrogens with zero attached hydrogens (tertiary/aromatic N) is 1.